The zero-order valence-electron chi connectivity index (χ0n) is 9.25. The number of aromatic nitrogens is 1. The summed E-state index contributed by atoms with van der Waals surface area (Å²) in [5, 5.41) is 3.66. The predicted octanol–water partition coefficient (Wildman–Crippen LogP) is 5.06. The Morgan fingerprint density at radius 3 is 2.58 bits per heavy atom. The summed E-state index contributed by atoms with van der Waals surface area (Å²) in [6, 6.07) is 8.03. The minimum absolute atomic E-state index is 0.0658. The van der Waals surface area contributed by atoms with Gasteiger partial charge in [-0.05, 0) is 46.3 Å². The average molecular weight is 380 g/mol. The summed E-state index contributed by atoms with van der Waals surface area (Å²) < 4.78 is 0.659. The highest BCUT2D eigenvalue weighted by molar-refractivity contribution is 9.10. The molecule has 0 atom stereocenters. The van der Waals surface area contributed by atoms with Crippen molar-refractivity contribution in [2.75, 3.05) is 5.32 Å². The van der Waals surface area contributed by atoms with Gasteiger partial charge in [0, 0.05) is 9.50 Å². The molecule has 0 aliphatic carbocycles. The van der Waals surface area contributed by atoms with Crippen molar-refractivity contribution in [2.24, 2.45) is 0 Å². The molecule has 0 saturated carbocycles. The van der Waals surface area contributed by atoms with Crippen molar-refractivity contribution < 1.29 is 4.79 Å². The molecule has 0 saturated heterocycles. The van der Waals surface area contributed by atoms with Crippen molar-refractivity contribution in [1.29, 1.82) is 0 Å². The van der Waals surface area contributed by atoms with Gasteiger partial charge in [-0.2, -0.15) is 0 Å². The van der Waals surface area contributed by atoms with E-state index < -0.39 is 5.91 Å². The fraction of sp³-hybridized carbons (Fsp3) is 0. The number of amides is 1. The van der Waals surface area contributed by atoms with Crippen LogP contribution in [0.3, 0.4) is 0 Å². The maximum absolute atomic E-state index is 12.1. The van der Waals surface area contributed by atoms with Crippen LogP contribution in [-0.2, 0) is 0 Å². The van der Waals surface area contributed by atoms with E-state index in [2.05, 4.69) is 26.2 Å². The first-order chi connectivity index (χ1) is 8.97. The van der Waals surface area contributed by atoms with Gasteiger partial charge in [0.2, 0.25) is 0 Å². The normalized spacial score (nSPS) is 10.3. The van der Waals surface area contributed by atoms with E-state index in [1.54, 1.807) is 18.2 Å². The van der Waals surface area contributed by atoms with Gasteiger partial charge in [-0.1, -0.05) is 34.8 Å². The van der Waals surface area contributed by atoms with Crippen LogP contribution in [0.4, 0.5) is 5.69 Å². The van der Waals surface area contributed by atoms with E-state index in [0.29, 0.717) is 15.2 Å². The van der Waals surface area contributed by atoms with Gasteiger partial charge in [0.05, 0.1) is 10.7 Å². The average Bonchev–Trinajstić information content (AvgIpc) is 2.35. The van der Waals surface area contributed by atoms with Gasteiger partial charge in [0.15, 0.2) is 0 Å². The summed E-state index contributed by atoms with van der Waals surface area (Å²) in [6.45, 7) is 0. The molecule has 1 aromatic heterocycles. The molecule has 3 nitrogen and oxygen atoms in total. The molecule has 1 N–H and O–H groups in total. The lowest BCUT2D eigenvalue weighted by atomic mass is 10.3. The summed E-state index contributed by atoms with van der Waals surface area (Å²) in [5.41, 5.74) is 0.628. The van der Waals surface area contributed by atoms with Crippen LogP contribution in [0, 0.1) is 0 Å². The third-order valence-corrected chi connectivity index (χ3v) is 3.61. The first kappa shape index (κ1) is 14.6. The summed E-state index contributed by atoms with van der Waals surface area (Å²) in [7, 11) is 0. The van der Waals surface area contributed by atoms with Crippen LogP contribution in [0.15, 0.2) is 34.8 Å². The van der Waals surface area contributed by atoms with Crippen LogP contribution in [0.1, 0.15) is 10.5 Å². The number of halogens is 4. The highest BCUT2D eigenvalue weighted by Gasteiger charge is 2.14. The van der Waals surface area contributed by atoms with E-state index in [4.69, 9.17) is 34.8 Å². The third kappa shape index (κ3) is 3.60. The molecule has 1 aromatic carbocycles. The van der Waals surface area contributed by atoms with Gasteiger partial charge in [-0.25, -0.2) is 4.98 Å². The molecule has 0 spiro atoms. The van der Waals surface area contributed by atoms with Gasteiger partial charge in [-0.15, -0.1) is 0 Å². The lowest BCUT2D eigenvalue weighted by Crippen LogP contribution is -2.14. The molecule has 0 bridgehead atoms. The quantitative estimate of drug-likeness (QED) is 0.740. The molecule has 2 rings (SSSR count). The molecule has 1 heterocycles. The Kier molecular flexibility index (Phi) is 4.68. The number of nitrogens with zero attached hydrogens (tertiary/aromatic N) is 1. The predicted molar refractivity (Wildman–Crippen MR) is 81.4 cm³/mol. The van der Waals surface area contributed by atoms with Crippen molar-refractivity contribution in [3.63, 3.8) is 0 Å². The number of rotatable bonds is 2. The SMILES string of the molecule is O=C(Nc1ccc(Cl)cc1Br)c1nc(Cl)ccc1Cl. The summed E-state index contributed by atoms with van der Waals surface area (Å²) in [6.07, 6.45) is 0. The maximum Gasteiger partial charge on any atom is 0.275 e. The molecule has 0 unspecified atom stereocenters. The zero-order chi connectivity index (χ0) is 14.0. The zero-order valence-corrected chi connectivity index (χ0v) is 13.1. The molecule has 98 valence electrons. The van der Waals surface area contributed by atoms with Crippen LogP contribution in [0.5, 0.6) is 0 Å². The molecule has 7 heteroatoms. The van der Waals surface area contributed by atoms with Crippen LogP contribution in [-0.4, -0.2) is 10.9 Å². The first-order valence-corrected chi connectivity index (χ1v) is 6.98. The molecule has 0 aliphatic rings. The van der Waals surface area contributed by atoms with Crippen molar-refractivity contribution in [3.8, 4) is 0 Å². The van der Waals surface area contributed by atoms with Crippen molar-refractivity contribution in [3.05, 3.63) is 55.7 Å². The molecule has 2 aromatic rings. The number of carbonyl (C=O) groups is 1. The summed E-state index contributed by atoms with van der Waals surface area (Å²) >= 11 is 20.8. The number of pyridine rings is 1. The second kappa shape index (κ2) is 6.09. The summed E-state index contributed by atoms with van der Waals surface area (Å²) in [4.78, 5) is 15.9. The second-order valence-electron chi connectivity index (χ2n) is 3.54. The second-order valence-corrected chi connectivity index (χ2v) is 5.63. The third-order valence-electron chi connectivity index (χ3n) is 2.21. The van der Waals surface area contributed by atoms with Gasteiger partial charge < -0.3 is 5.32 Å². The van der Waals surface area contributed by atoms with Crippen LogP contribution in [0.2, 0.25) is 15.2 Å². The van der Waals surface area contributed by atoms with Gasteiger partial charge in [0.1, 0.15) is 10.8 Å². The number of hydrogen-bond acceptors (Lipinski definition) is 2. The Balaban J connectivity index is 2.28. The number of carbonyl (C=O) groups excluding carboxylic acids is 1. The van der Waals surface area contributed by atoms with Crippen LogP contribution < -0.4 is 5.32 Å². The highest BCUT2D eigenvalue weighted by Crippen LogP contribution is 2.27. The van der Waals surface area contributed by atoms with Crippen LogP contribution >= 0.6 is 50.7 Å². The fourth-order valence-electron chi connectivity index (χ4n) is 1.35. The van der Waals surface area contributed by atoms with Crippen molar-refractivity contribution in [2.45, 2.75) is 0 Å². The largest absolute Gasteiger partial charge is 0.320 e. The van der Waals surface area contributed by atoms with Crippen molar-refractivity contribution >= 4 is 62.3 Å². The van der Waals surface area contributed by atoms with E-state index in [0.717, 1.165) is 0 Å². The van der Waals surface area contributed by atoms with Gasteiger partial charge >= 0.3 is 0 Å². The fourth-order valence-corrected chi connectivity index (χ4v) is 2.47. The Labute approximate surface area is 133 Å². The van der Waals surface area contributed by atoms with E-state index in [1.807, 2.05) is 0 Å². The Morgan fingerprint density at radius 1 is 1.16 bits per heavy atom. The van der Waals surface area contributed by atoms with Crippen LogP contribution in [0.25, 0.3) is 0 Å². The standard InChI is InChI=1S/C12H6BrCl3N2O/c13-7-5-6(14)1-3-9(7)17-12(19)11-8(15)2-4-10(16)18-11/h1-5H,(H,17,19). The smallest absolute Gasteiger partial charge is 0.275 e. The Bertz CT molecular complexity index is 649. The lowest BCUT2D eigenvalue weighted by molar-refractivity contribution is 0.102. The number of anilines is 1. The van der Waals surface area contributed by atoms with E-state index in [-0.39, 0.29) is 15.9 Å². The molecular weight excluding hydrogens is 374 g/mol. The molecule has 0 fully saturated rings. The Hall–Kier alpha value is -0.810. The monoisotopic (exact) mass is 378 g/mol. The lowest BCUT2D eigenvalue weighted by Gasteiger charge is -2.08. The van der Waals surface area contributed by atoms with Gasteiger partial charge in [-0.3, -0.25) is 4.79 Å². The Morgan fingerprint density at radius 2 is 1.89 bits per heavy atom. The van der Waals surface area contributed by atoms with Gasteiger partial charge in [0.25, 0.3) is 5.91 Å². The van der Waals surface area contributed by atoms with Crippen molar-refractivity contribution in [1.82, 2.24) is 4.98 Å². The number of benzene rings is 1. The van der Waals surface area contributed by atoms with E-state index >= 15 is 0 Å². The molecule has 0 radical (unpaired) electrons. The molecule has 1 amide bonds. The number of hydrogen-bond donors (Lipinski definition) is 1. The van der Waals surface area contributed by atoms with E-state index in [1.165, 1.54) is 12.1 Å². The first-order valence-electron chi connectivity index (χ1n) is 5.06. The highest BCUT2D eigenvalue weighted by atomic mass is 79.9. The topological polar surface area (TPSA) is 42.0 Å². The summed E-state index contributed by atoms with van der Waals surface area (Å²) in [5.74, 6) is -0.449. The molecular formula is C12H6BrCl3N2O. The molecule has 19 heavy (non-hydrogen) atoms. The minimum atomic E-state index is -0.449. The maximum atomic E-state index is 12.1. The van der Waals surface area contributed by atoms with E-state index in [9.17, 15) is 4.79 Å². The minimum Gasteiger partial charge on any atom is -0.320 e. The molecule has 0 aliphatic heterocycles. The number of nitrogens with one attached hydrogen (secondary N) is 1.